The predicted molar refractivity (Wildman–Crippen MR) is 60.4 cm³/mol. The molecule has 1 aromatic rings. The van der Waals surface area contributed by atoms with Crippen molar-refractivity contribution >= 4 is 6.08 Å². The van der Waals surface area contributed by atoms with E-state index in [4.69, 9.17) is 9.47 Å². The Kier molecular flexibility index (Phi) is 3.94. The van der Waals surface area contributed by atoms with Crippen molar-refractivity contribution in [2.24, 2.45) is 0 Å². The molecule has 0 radical (unpaired) electrons. The van der Waals surface area contributed by atoms with Gasteiger partial charge < -0.3 is 9.47 Å². The summed E-state index contributed by atoms with van der Waals surface area (Å²) in [6, 6.07) is 10.2. The second-order valence-corrected chi connectivity index (χ2v) is 3.59. The van der Waals surface area contributed by atoms with E-state index in [0.717, 1.165) is 19.4 Å². The third-order valence-electron chi connectivity index (χ3n) is 2.38. The van der Waals surface area contributed by atoms with E-state index in [0.29, 0.717) is 6.61 Å². The average molecular weight is 204 g/mol. The van der Waals surface area contributed by atoms with Crippen LogP contribution >= 0.6 is 0 Å². The highest BCUT2D eigenvalue weighted by molar-refractivity contribution is 5.48. The first-order chi connectivity index (χ1) is 7.45. The minimum absolute atomic E-state index is 0.0189. The third kappa shape index (κ3) is 3.50. The monoisotopic (exact) mass is 204 g/mol. The molecule has 0 spiro atoms. The lowest BCUT2D eigenvalue weighted by Crippen LogP contribution is -2.09. The first kappa shape index (κ1) is 10.4. The number of rotatable bonds is 4. The Hall–Kier alpha value is -1.12. The maximum atomic E-state index is 5.52. The highest BCUT2D eigenvalue weighted by Crippen LogP contribution is 2.12. The van der Waals surface area contributed by atoms with Crippen molar-refractivity contribution in [2.45, 2.75) is 19.1 Å². The first-order valence-electron chi connectivity index (χ1n) is 5.40. The van der Waals surface area contributed by atoms with Crippen LogP contribution in [0.25, 0.3) is 6.08 Å². The molecule has 2 rings (SSSR count). The van der Waals surface area contributed by atoms with E-state index in [1.165, 1.54) is 5.56 Å². The molecule has 80 valence electrons. The Labute approximate surface area is 90.5 Å². The van der Waals surface area contributed by atoms with E-state index >= 15 is 0 Å². The van der Waals surface area contributed by atoms with Gasteiger partial charge in [-0.2, -0.15) is 0 Å². The molecule has 0 bridgehead atoms. The molecule has 15 heavy (non-hydrogen) atoms. The molecule has 1 unspecified atom stereocenters. The van der Waals surface area contributed by atoms with Gasteiger partial charge in [0, 0.05) is 13.0 Å². The average Bonchev–Trinajstić information content (AvgIpc) is 2.79. The molecule has 1 aliphatic heterocycles. The summed E-state index contributed by atoms with van der Waals surface area (Å²) in [5.74, 6) is 0. The van der Waals surface area contributed by atoms with Crippen molar-refractivity contribution < 1.29 is 9.47 Å². The quantitative estimate of drug-likeness (QED) is 0.750. The van der Waals surface area contributed by atoms with Crippen molar-refractivity contribution in [3.63, 3.8) is 0 Å². The first-order valence-corrected chi connectivity index (χ1v) is 5.40. The van der Waals surface area contributed by atoms with E-state index in [9.17, 15) is 0 Å². The zero-order valence-electron chi connectivity index (χ0n) is 8.76. The molecule has 1 aliphatic rings. The van der Waals surface area contributed by atoms with Gasteiger partial charge in [-0.15, -0.1) is 0 Å². The van der Waals surface area contributed by atoms with Gasteiger partial charge in [0.15, 0.2) is 6.29 Å². The second-order valence-electron chi connectivity index (χ2n) is 3.59. The number of hydrogen-bond acceptors (Lipinski definition) is 2. The molecule has 0 aromatic heterocycles. The van der Waals surface area contributed by atoms with Gasteiger partial charge in [0.2, 0.25) is 0 Å². The van der Waals surface area contributed by atoms with E-state index in [1.807, 2.05) is 24.3 Å². The Morgan fingerprint density at radius 1 is 1.33 bits per heavy atom. The molecule has 0 N–H and O–H groups in total. The predicted octanol–water partition coefficient (Wildman–Crippen LogP) is 2.85. The van der Waals surface area contributed by atoms with Crippen molar-refractivity contribution in [3.05, 3.63) is 42.0 Å². The number of ether oxygens (including phenoxy) is 2. The standard InChI is InChI=1S/C13H16O2/c1-2-6-12(7-3-1)8-4-10-14-13-9-5-11-15-13/h1-4,6-8,13H,5,9-11H2. The lowest BCUT2D eigenvalue weighted by Gasteiger charge is -2.07. The van der Waals surface area contributed by atoms with Gasteiger partial charge >= 0.3 is 0 Å². The molecule has 2 nitrogen and oxygen atoms in total. The van der Waals surface area contributed by atoms with Gasteiger partial charge in [-0.3, -0.25) is 0 Å². The van der Waals surface area contributed by atoms with Crippen molar-refractivity contribution in [1.82, 2.24) is 0 Å². The van der Waals surface area contributed by atoms with Gasteiger partial charge in [-0.25, -0.2) is 0 Å². The molecule has 1 heterocycles. The van der Waals surface area contributed by atoms with Gasteiger partial charge in [-0.1, -0.05) is 42.5 Å². The fourth-order valence-corrected chi connectivity index (χ4v) is 1.59. The maximum Gasteiger partial charge on any atom is 0.158 e. The molecule has 1 aromatic carbocycles. The van der Waals surface area contributed by atoms with Crippen LogP contribution < -0.4 is 0 Å². The number of hydrogen-bond donors (Lipinski definition) is 0. The molecule has 1 saturated heterocycles. The largest absolute Gasteiger partial charge is 0.353 e. The van der Waals surface area contributed by atoms with Gasteiger partial charge in [0.25, 0.3) is 0 Å². The molecule has 1 atom stereocenters. The summed E-state index contributed by atoms with van der Waals surface area (Å²) >= 11 is 0. The third-order valence-corrected chi connectivity index (χ3v) is 2.38. The van der Waals surface area contributed by atoms with E-state index in [1.54, 1.807) is 0 Å². The normalized spacial score (nSPS) is 21.2. The molecule has 0 aliphatic carbocycles. The van der Waals surface area contributed by atoms with Crippen LogP contribution in [-0.2, 0) is 9.47 Å². The van der Waals surface area contributed by atoms with Gasteiger partial charge in [-0.05, 0) is 12.0 Å². The fourth-order valence-electron chi connectivity index (χ4n) is 1.59. The minimum atomic E-state index is 0.0189. The van der Waals surface area contributed by atoms with Crippen LogP contribution in [0.4, 0.5) is 0 Å². The molecular weight excluding hydrogens is 188 g/mol. The van der Waals surface area contributed by atoms with Crippen LogP contribution in [0.2, 0.25) is 0 Å². The van der Waals surface area contributed by atoms with Crippen LogP contribution in [0.5, 0.6) is 0 Å². The lowest BCUT2D eigenvalue weighted by atomic mass is 10.2. The zero-order chi connectivity index (χ0) is 10.3. The Balaban J connectivity index is 1.71. The second kappa shape index (κ2) is 5.69. The highest BCUT2D eigenvalue weighted by atomic mass is 16.7. The van der Waals surface area contributed by atoms with E-state index < -0.39 is 0 Å². The summed E-state index contributed by atoms with van der Waals surface area (Å²) in [5.41, 5.74) is 1.20. The maximum absolute atomic E-state index is 5.52. The smallest absolute Gasteiger partial charge is 0.158 e. The van der Waals surface area contributed by atoms with Crippen LogP contribution in [-0.4, -0.2) is 19.5 Å². The SMILES string of the molecule is C(=Cc1ccccc1)COC1CCCO1. The zero-order valence-corrected chi connectivity index (χ0v) is 8.76. The summed E-state index contributed by atoms with van der Waals surface area (Å²) in [6.07, 6.45) is 6.25. The van der Waals surface area contributed by atoms with Gasteiger partial charge in [0.05, 0.1) is 6.61 Å². The summed E-state index contributed by atoms with van der Waals surface area (Å²) in [7, 11) is 0. The summed E-state index contributed by atoms with van der Waals surface area (Å²) in [4.78, 5) is 0. The van der Waals surface area contributed by atoms with Gasteiger partial charge in [0.1, 0.15) is 0 Å². The molecule has 2 heteroatoms. The van der Waals surface area contributed by atoms with Crippen LogP contribution in [0, 0.1) is 0 Å². The molecule has 0 saturated carbocycles. The van der Waals surface area contributed by atoms with Crippen molar-refractivity contribution in [1.29, 1.82) is 0 Å². The Morgan fingerprint density at radius 3 is 2.93 bits per heavy atom. The highest BCUT2D eigenvalue weighted by Gasteiger charge is 2.14. The van der Waals surface area contributed by atoms with Crippen LogP contribution in [0.3, 0.4) is 0 Å². The summed E-state index contributed by atoms with van der Waals surface area (Å²) < 4.78 is 10.9. The van der Waals surface area contributed by atoms with E-state index in [2.05, 4.69) is 18.2 Å². The Bertz CT molecular complexity index is 300. The van der Waals surface area contributed by atoms with Crippen molar-refractivity contribution in [3.8, 4) is 0 Å². The van der Waals surface area contributed by atoms with Crippen LogP contribution in [0.15, 0.2) is 36.4 Å². The Morgan fingerprint density at radius 2 is 2.20 bits per heavy atom. The number of benzene rings is 1. The summed E-state index contributed by atoms with van der Waals surface area (Å²) in [6.45, 7) is 1.46. The molecule has 1 fully saturated rings. The summed E-state index contributed by atoms with van der Waals surface area (Å²) in [5, 5.41) is 0. The molecule has 0 amide bonds. The fraction of sp³-hybridized carbons (Fsp3) is 0.385. The lowest BCUT2D eigenvalue weighted by molar-refractivity contribution is -0.101. The topological polar surface area (TPSA) is 18.5 Å². The minimum Gasteiger partial charge on any atom is -0.353 e. The van der Waals surface area contributed by atoms with Crippen LogP contribution in [0.1, 0.15) is 18.4 Å². The molecular formula is C13H16O2. The van der Waals surface area contributed by atoms with E-state index in [-0.39, 0.29) is 6.29 Å². The van der Waals surface area contributed by atoms with Crippen molar-refractivity contribution in [2.75, 3.05) is 13.2 Å².